The van der Waals surface area contributed by atoms with Gasteiger partial charge in [-0.25, -0.2) is 4.79 Å². The smallest absolute Gasteiger partial charge is 0.441 e. The number of carbonyl (C=O) groups excluding carboxylic acids is 2. The van der Waals surface area contributed by atoms with Gasteiger partial charge in [-0.3, -0.25) is 4.79 Å². The summed E-state index contributed by atoms with van der Waals surface area (Å²) >= 11 is 17.4. The fourth-order valence-electron chi connectivity index (χ4n) is 2.29. The Kier molecular flexibility index (Phi) is 7.26. The topological polar surface area (TPSA) is 67.4 Å². The molecule has 0 bridgehead atoms. The number of ether oxygens (including phenoxy) is 1. The lowest BCUT2D eigenvalue weighted by atomic mass is 10.1. The third-order valence-corrected chi connectivity index (χ3v) is 4.46. The first-order valence-corrected chi connectivity index (χ1v) is 9.19. The fourth-order valence-corrected chi connectivity index (χ4v) is 2.91. The molecule has 0 spiro atoms. The summed E-state index contributed by atoms with van der Waals surface area (Å²) in [6, 6.07) is 8.64. The van der Waals surface area contributed by atoms with Crippen LogP contribution in [0.1, 0.15) is 17.3 Å². The van der Waals surface area contributed by atoms with Crippen molar-refractivity contribution in [3.05, 3.63) is 63.1 Å². The third-order valence-electron chi connectivity index (χ3n) is 3.66. The second-order valence-electron chi connectivity index (χ2n) is 5.68. The van der Waals surface area contributed by atoms with Crippen LogP contribution in [0.4, 0.5) is 18.9 Å². The van der Waals surface area contributed by atoms with Crippen LogP contribution in [0.5, 0.6) is 0 Å². The van der Waals surface area contributed by atoms with Gasteiger partial charge in [-0.1, -0.05) is 34.8 Å². The minimum absolute atomic E-state index is 0.137. The van der Waals surface area contributed by atoms with Crippen LogP contribution in [-0.4, -0.2) is 30.3 Å². The number of anilines is 1. The van der Waals surface area contributed by atoms with Crippen molar-refractivity contribution >= 4 is 52.4 Å². The molecule has 0 fully saturated rings. The summed E-state index contributed by atoms with van der Waals surface area (Å²) in [6.45, 7) is 0.982. The number of alkyl halides is 3. The van der Waals surface area contributed by atoms with E-state index in [0.717, 1.165) is 6.07 Å². The molecule has 0 aliphatic carbocycles. The summed E-state index contributed by atoms with van der Waals surface area (Å²) in [5.41, 5.74) is -4.04. The second kappa shape index (κ2) is 9.11. The summed E-state index contributed by atoms with van der Waals surface area (Å²) in [5, 5.41) is 3.95. The maximum atomic E-state index is 14.1. The van der Waals surface area contributed by atoms with Crippen molar-refractivity contribution < 1.29 is 27.5 Å². The predicted octanol–water partition coefficient (Wildman–Crippen LogP) is 5.31. The average molecular weight is 470 g/mol. The van der Waals surface area contributed by atoms with E-state index >= 15 is 0 Å². The Morgan fingerprint density at radius 1 is 1.00 bits per heavy atom. The molecule has 0 saturated carbocycles. The molecule has 2 aromatic carbocycles. The molecule has 0 aliphatic rings. The Bertz CT molecular complexity index is 907. The average Bonchev–Trinajstić information content (AvgIpc) is 2.62. The van der Waals surface area contributed by atoms with E-state index in [0.29, 0.717) is 0 Å². The van der Waals surface area contributed by atoms with Crippen LogP contribution in [0.25, 0.3) is 0 Å². The summed E-state index contributed by atoms with van der Waals surface area (Å²) in [7, 11) is 0. The Labute approximate surface area is 179 Å². The molecule has 1 unspecified atom stereocenters. The standard InChI is InChI=1S/C18H14Cl3F3N2O3/c1-2-29-16(28)17(18(22,23)24,25-12-6-3-10(19)4-7-12)26-15(27)13-8-5-11(20)9-14(13)21/h3-9,25H,2H2,1H3,(H,26,27). The van der Waals surface area contributed by atoms with Gasteiger partial charge < -0.3 is 15.4 Å². The van der Waals surface area contributed by atoms with Crippen LogP contribution in [0, 0.1) is 0 Å². The molecule has 0 radical (unpaired) electrons. The van der Waals surface area contributed by atoms with Crippen molar-refractivity contribution in [1.82, 2.24) is 5.32 Å². The Morgan fingerprint density at radius 3 is 2.10 bits per heavy atom. The van der Waals surface area contributed by atoms with Crippen LogP contribution in [0.15, 0.2) is 42.5 Å². The number of carbonyl (C=O) groups is 2. The van der Waals surface area contributed by atoms with Gasteiger partial charge in [0.2, 0.25) is 0 Å². The van der Waals surface area contributed by atoms with E-state index in [-0.39, 0.29) is 32.9 Å². The van der Waals surface area contributed by atoms with E-state index in [9.17, 15) is 22.8 Å². The fraction of sp³-hybridized carbons (Fsp3) is 0.222. The number of rotatable bonds is 6. The number of hydrogen-bond acceptors (Lipinski definition) is 4. The minimum Gasteiger partial charge on any atom is -0.463 e. The number of amides is 1. The molecule has 1 atom stereocenters. The largest absolute Gasteiger partial charge is 0.463 e. The van der Waals surface area contributed by atoms with Crippen LogP contribution in [0.2, 0.25) is 15.1 Å². The van der Waals surface area contributed by atoms with Crippen molar-refractivity contribution in [3.63, 3.8) is 0 Å². The maximum absolute atomic E-state index is 14.1. The quantitative estimate of drug-likeness (QED) is 0.444. The molecule has 156 valence electrons. The van der Waals surface area contributed by atoms with Crippen LogP contribution >= 0.6 is 34.8 Å². The molecule has 5 nitrogen and oxygen atoms in total. The molecule has 2 rings (SSSR count). The van der Waals surface area contributed by atoms with E-state index in [1.54, 1.807) is 5.32 Å². The first kappa shape index (κ1) is 23.1. The SMILES string of the molecule is CCOC(=O)C(NC(=O)c1ccc(Cl)cc1Cl)(Nc1ccc(Cl)cc1)C(F)(F)F. The van der Waals surface area contributed by atoms with Gasteiger partial charge in [-0.05, 0) is 49.4 Å². The first-order chi connectivity index (χ1) is 13.5. The molecule has 0 aliphatic heterocycles. The lowest BCUT2D eigenvalue weighted by molar-refractivity contribution is -0.204. The molecule has 2 aromatic rings. The van der Waals surface area contributed by atoms with E-state index in [4.69, 9.17) is 34.8 Å². The number of esters is 1. The summed E-state index contributed by atoms with van der Waals surface area (Å²) in [5.74, 6) is -3.01. The molecule has 11 heteroatoms. The van der Waals surface area contributed by atoms with E-state index in [1.807, 2.05) is 5.32 Å². The van der Waals surface area contributed by atoms with Crippen molar-refractivity contribution in [2.24, 2.45) is 0 Å². The molecule has 29 heavy (non-hydrogen) atoms. The predicted molar refractivity (Wildman–Crippen MR) is 104 cm³/mol. The Morgan fingerprint density at radius 2 is 1.59 bits per heavy atom. The highest BCUT2D eigenvalue weighted by Gasteiger charge is 2.63. The van der Waals surface area contributed by atoms with Gasteiger partial charge in [0.15, 0.2) is 0 Å². The van der Waals surface area contributed by atoms with E-state index < -0.39 is 23.7 Å². The van der Waals surface area contributed by atoms with Gasteiger partial charge in [0, 0.05) is 15.7 Å². The molecule has 0 heterocycles. The maximum Gasteiger partial charge on any atom is 0.441 e. The molecule has 0 saturated heterocycles. The zero-order valence-electron chi connectivity index (χ0n) is 14.7. The summed E-state index contributed by atoms with van der Waals surface area (Å²) in [4.78, 5) is 25.0. The second-order valence-corrected chi connectivity index (χ2v) is 6.96. The third kappa shape index (κ3) is 5.26. The van der Waals surface area contributed by atoms with Gasteiger partial charge in [0.25, 0.3) is 5.91 Å². The Balaban J connectivity index is 2.53. The lowest BCUT2D eigenvalue weighted by Gasteiger charge is -2.35. The Hall–Kier alpha value is -2.16. The highest BCUT2D eigenvalue weighted by molar-refractivity contribution is 6.36. The van der Waals surface area contributed by atoms with Gasteiger partial charge in [-0.15, -0.1) is 0 Å². The van der Waals surface area contributed by atoms with Crippen LogP contribution < -0.4 is 10.6 Å². The molecular weight excluding hydrogens is 456 g/mol. The molecule has 1 amide bonds. The van der Waals surface area contributed by atoms with Crippen molar-refractivity contribution in [2.45, 2.75) is 18.8 Å². The molecule has 0 aromatic heterocycles. The highest BCUT2D eigenvalue weighted by atomic mass is 35.5. The van der Waals surface area contributed by atoms with E-state index in [2.05, 4.69) is 4.74 Å². The minimum atomic E-state index is -5.28. The van der Waals surface area contributed by atoms with Gasteiger partial charge in [0.1, 0.15) is 0 Å². The number of benzene rings is 2. The first-order valence-electron chi connectivity index (χ1n) is 8.05. The number of nitrogens with one attached hydrogen (secondary N) is 2. The zero-order valence-corrected chi connectivity index (χ0v) is 17.0. The summed E-state index contributed by atoms with van der Waals surface area (Å²) < 4.78 is 46.9. The van der Waals surface area contributed by atoms with Crippen molar-refractivity contribution in [1.29, 1.82) is 0 Å². The summed E-state index contributed by atoms with van der Waals surface area (Å²) in [6.07, 6.45) is -5.28. The van der Waals surface area contributed by atoms with Gasteiger partial charge in [0.05, 0.1) is 17.2 Å². The monoisotopic (exact) mass is 468 g/mol. The van der Waals surface area contributed by atoms with Gasteiger partial charge >= 0.3 is 17.8 Å². The number of hydrogen-bond donors (Lipinski definition) is 2. The molecule has 2 N–H and O–H groups in total. The van der Waals surface area contributed by atoms with Crippen molar-refractivity contribution in [2.75, 3.05) is 11.9 Å². The van der Waals surface area contributed by atoms with Crippen LogP contribution in [-0.2, 0) is 9.53 Å². The van der Waals surface area contributed by atoms with Gasteiger partial charge in [-0.2, -0.15) is 13.2 Å². The molecular formula is C18H14Cl3F3N2O3. The van der Waals surface area contributed by atoms with Crippen LogP contribution in [0.3, 0.4) is 0 Å². The zero-order chi connectivity index (χ0) is 21.8. The number of halogens is 6. The highest BCUT2D eigenvalue weighted by Crippen LogP contribution is 2.34. The van der Waals surface area contributed by atoms with E-state index in [1.165, 1.54) is 43.3 Å². The van der Waals surface area contributed by atoms with Crippen molar-refractivity contribution in [3.8, 4) is 0 Å². The lowest BCUT2D eigenvalue weighted by Crippen LogP contribution is -2.69. The normalized spacial score (nSPS) is 13.3.